The van der Waals surface area contributed by atoms with Crippen molar-refractivity contribution in [1.29, 1.82) is 0 Å². The van der Waals surface area contributed by atoms with E-state index in [1.165, 1.54) is 39.2 Å². The second kappa shape index (κ2) is 6.43. The van der Waals surface area contributed by atoms with Gasteiger partial charge in [-0.15, -0.1) is 0 Å². The summed E-state index contributed by atoms with van der Waals surface area (Å²) in [6.07, 6.45) is 7.91. The van der Waals surface area contributed by atoms with E-state index in [0.29, 0.717) is 0 Å². The first-order valence-electron chi connectivity index (χ1n) is 9.16. The van der Waals surface area contributed by atoms with Crippen LogP contribution in [0.4, 0.5) is 5.69 Å². The maximum Gasteiger partial charge on any atom is 0.198 e. The number of hydrogen-bond acceptors (Lipinski definition) is 1. The zero-order valence-corrected chi connectivity index (χ0v) is 15.6. The molecular weight excluding hydrogens is 292 g/mol. The van der Waals surface area contributed by atoms with E-state index in [4.69, 9.17) is 0 Å². The molecule has 0 fully saturated rings. The van der Waals surface area contributed by atoms with E-state index in [2.05, 4.69) is 81.4 Å². The van der Waals surface area contributed by atoms with Gasteiger partial charge in [-0.3, -0.25) is 0 Å². The Morgan fingerprint density at radius 3 is 2.54 bits per heavy atom. The minimum absolute atomic E-state index is 0.000198. The standard InChI is InChI=1S/C22H28N2/c1-6-17-18-11-9-15(23-7-2)13-20(18)22(4,5)21-14-16(24-8-3)10-12-19(17)21/h9-14,23H,6-8H2,1-5H3/p+1. The van der Waals surface area contributed by atoms with Gasteiger partial charge in [0.15, 0.2) is 5.71 Å². The fourth-order valence-electron chi connectivity index (χ4n) is 3.95. The first-order chi connectivity index (χ1) is 11.5. The van der Waals surface area contributed by atoms with Crippen molar-refractivity contribution < 1.29 is 4.99 Å². The maximum absolute atomic E-state index is 3.46. The molecular formula is C22H29N2+. The molecule has 0 spiro atoms. The Morgan fingerprint density at radius 2 is 1.88 bits per heavy atom. The number of hydrogen-bond donors (Lipinski definition) is 2. The van der Waals surface area contributed by atoms with Crippen molar-refractivity contribution in [2.75, 3.05) is 18.4 Å². The smallest absolute Gasteiger partial charge is 0.198 e. The van der Waals surface area contributed by atoms with Crippen LogP contribution >= 0.6 is 0 Å². The summed E-state index contributed by atoms with van der Waals surface area (Å²) in [5.41, 5.74) is 9.57. The predicted octanol–water partition coefficient (Wildman–Crippen LogP) is 3.61. The van der Waals surface area contributed by atoms with Gasteiger partial charge in [0.05, 0.1) is 0 Å². The Balaban J connectivity index is 2.24. The lowest BCUT2D eigenvalue weighted by Gasteiger charge is -2.39. The van der Waals surface area contributed by atoms with Crippen LogP contribution in [0.15, 0.2) is 47.6 Å². The minimum Gasteiger partial charge on any atom is -0.385 e. The van der Waals surface area contributed by atoms with Crippen LogP contribution in [0, 0.1) is 0 Å². The van der Waals surface area contributed by atoms with Crippen LogP contribution in [0.1, 0.15) is 52.2 Å². The van der Waals surface area contributed by atoms with E-state index >= 15 is 0 Å². The molecule has 0 amide bonds. The zero-order valence-electron chi connectivity index (χ0n) is 15.6. The van der Waals surface area contributed by atoms with Crippen LogP contribution in [0.25, 0.3) is 5.57 Å². The number of anilines is 1. The van der Waals surface area contributed by atoms with Crippen LogP contribution in [0.5, 0.6) is 0 Å². The summed E-state index contributed by atoms with van der Waals surface area (Å²) in [5, 5.41) is 3.46. The van der Waals surface area contributed by atoms with Crippen molar-refractivity contribution >= 4 is 17.0 Å². The van der Waals surface area contributed by atoms with Crippen molar-refractivity contribution in [2.45, 2.75) is 46.5 Å². The molecule has 1 aromatic rings. The third-order valence-electron chi connectivity index (χ3n) is 5.15. The van der Waals surface area contributed by atoms with Gasteiger partial charge in [0, 0.05) is 29.8 Å². The van der Waals surface area contributed by atoms with E-state index in [9.17, 15) is 0 Å². The van der Waals surface area contributed by atoms with E-state index in [0.717, 1.165) is 19.5 Å². The molecule has 0 unspecified atom stereocenters. The molecule has 2 N–H and O–H groups in total. The molecule has 24 heavy (non-hydrogen) atoms. The lowest BCUT2D eigenvalue weighted by Crippen LogP contribution is -2.71. The molecule has 2 aliphatic carbocycles. The molecule has 0 radical (unpaired) electrons. The topological polar surface area (TPSA) is 26.0 Å². The van der Waals surface area contributed by atoms with Gasteiger partial charge < -0.3 is 5.32 Å². The van der Waals surface area contributed by atoms with Gasteiger partial charge >= 0.3 is 0 Å². The maximum atomic E-state index is 3.46. The fraction of sp³-hybridized carbons (Fsp3) is 0.409. The SMILES string of the molecule is CCNc1ccc2c(c1)C(C)(C)C1=CC(=[NH+]CC)C=CC1=C2CC. The van der Waals surface area contributed by atoms with Crippen LogP contribution in [-0.2, 0) is 5.41 Å². The van der Waals surface area contributed by atoms with Crippen LogP contribution < -0.4 is 10.3 Å². The average molecular weight is 321 g/mol. The van der Waals surface area contributed by atoms with Crippen molar-refractivity contribution in [1.82, 2.24) is 0 Å². The third kappa shape index (κ3) is 2.64. The average Bonchev–Trinajstić information content (AvgIpc) is 2.57. The van der Waals surface area contributed by atoms with Gasteiger partial charge in [-0.2, -0.15) is 0 Å². The third-order valence-corrected chi connectivity index (χ3v) is 5.15. The molecule has 2 nitrogen and oxygen atoms in total. The summed E-state index contributed by atoms with van der Waals surface area (Å²) < 4.78 is 0. The Morgan fingerprint density at radius 1 is 1.08 bits per heavy atom. The Labute approximate surface area is 146 Å². The second-order valence-corrected chi connectivity index (χ2v) is 7.04. The molecule has 2 heteroatoms. The van der Waals surface area contributed by atoms with Gasteiger partial charge in [-0.1, -0.05) is 26.8 Å². The van der Waals surface area contributed by atoms with E-state index < -0.39 is 0 Å². The second-order valence-electron chi connectivity index (χ2n) is 7.04. The molecule has 3 rings (SSSR count). The fourth-order valence-corrected chi connectivity index (χ4v) is 3.95. The van der Waals surface area contributed by atoms with Crippen LogP contribution in [-0.4, -0.2) is 18.8 Å². The van der Waals surface area contributed by atoms with Crippen molar-refractivity contribution in [3.63, 3.8) is 0 Å². The van der Waals surface area contributed by atoms with E-state index in [1.54, 1.807) is 0 Å². The normalized spacial score (nSPS) is 19.9. The molecule has 0 bridgehead atoms. The highest BCUT2D eigenvalue weighted by atomic mass is 14.8. The Hall–Kier alpha value is -2.09. The molecule has 0 heterocycles. The van der Waals surface area contributed by atoms with Gasteiger partial charge in [0.1, 0.15) is 6.54 Å². The molecule has 0 atom stereocenters. The van der Waals surface area contributed by atoms with E-state index in [1.807, 2.05) is 0 Å². The summed E-state index contributed by atoms with van der Waals surface area (Å²) in [5.74, 6) is 0. The molecule has 0 saturated carbocycles. The number of nitrogens with one attached hydrogen (secondary N) is 2. The Bertz CT molecular complexity index is 773. The summed E-state index contributed by atoms with van der Waals surface area (Å²) in [6.45, 7) is 13.1. The van der Waals surface area contributed by atoms with Crippen LogP contribution in [0.3, 0.4) is 0 Å². The summed E-state index contributed by atoms with van der Waals surface area (Å²) in [4.78, 5) is 3.46. The quantitative estimate of drug-likeness (QED) is 0.870. The molecule has 0 aliphatic heterocycles. The monoisotopic (exact) mass is 321 g/mol. The van der Waals surface area contributed by atoms with Gasteiger partial charge in [-0.25, -0.2) is 4.99 Å². The number of fused-ring (bicyclic) bond motifs is 2. The molecule has 0 saturated heterocycles. The first kappa shape index (κ1) is 16.8. The highest BCUT2D eigenvalue weighted by molar-refractivity contribution is 6.05. The van der Waals surface area contributed by atoms with E-state index in [-0.39, 0.29) is 5.41 Å². The summed E-state index contributed by atoms with van der Waals surface area (Å²) >= 11 is 0. The molecule has 2 aliphatic rings. The summed E-state index contributed by atoms with van der Waals surface area (Å²) in [7, 11) is 0. The van der Waals surface area contributed by atoms with Gasteiger partial charge in [0.25, 0.3) is 0 Å². The highest BCUT2D eigenvalue weighted by Gasteiger charge is 2.37. The number of benzene rings is 1. The van der Waals surface area contributed by atoms with Gasteiger partial charge in [0.2, 0.25) is 0 Å². The zero-order chi connectivity index (χ0) is 17.3. The Kier molecular flexibility index (Phi) is 4.49. The number of rotatable bonds is 4. The largest absolute Gasteiger partial charge is 0.385 e. The molecule has 126 valence electrons. The van der Waals surface area contributed by atoms with Gasteiger partial charge in [-0.05, 0) is 66.3 Å². The van der Waals surface area contributed by atoms with Crippen LogP contribution in [0.2, 0.25) is 0 Å². The molecule has 0 aromatic heterocycles. The molecule has 1 aromatic carbocycles. The first-order valence-corrected chi connectivity index (χ1v) is 9.16. The number of allylic oxidation sites excluding steroid dienone is 6. The van der Waals surface area contributed by atoms with Crippen molar-refractivity contribution in [3.8, 4) is 0 Å². The van der Waals surface area contributed by atoms with Crippen molar-refractivity contribution in [3.05, 3.63) is 58.7 Å². The summed E-state index contributed by atoms with van der Waals surface area (Å²) in [6, 6.07) is 6.86. The predicted molar refractivity (Wildman–Crippen MR) is 105 cm³/mol. The lowest BCUT2D eigenvalue weighted by atomic mass is 9.65. The highest BCUT2D eigenvalue weighted by Crippen LogP contribution is 2.49. The minimum atomic E-state index is 0.000198. The lowest BCUT2D eigenvalue weighted by molar-refractivity contribution is -0.450. The van der Waals surface area contributed by atoms with Crippen molar-refractivity contribution in [2.24, 2.45) is 0 Å².